The second-order valence-corrected chi connectivity index (χ2v) is 5.68. The maximum absolute atomic E-state index is 11.6. The quantitative estimate of drug-likeness (QED) is 0.502. The molecule has 3 rings (SSSR count). The summed E-state index contributed by atoms with van der Waals surface area (Å²) >= 11 is 5.86. The van der Waals surface area contributed by atoms with Crippen LogP contribution in [0, 0.1) is 17.0 Å². The van der Waals surface area contributed by atoms with Crippen LogP contribution in [0.25, 0.3) is 0 Å². The normalized spacial score (nSPS) is 10.3. The van der Waals surface area contributed by atoms with E-state index in [1.807, 2.05) is 31.2 Å². The van der Waals surface area contributed by atoms with Crippen LogP contribution in [0.3, 0.4) is 0 Å². The number of para-hydroxylation sites is 1. The Hall–Kier alpha value is -3.19. The van der Waals surface area contributed by atoms with Crippen LogP contribution in [0.5, 0.6) is 0 Å². The molecule has 7 nitrogen and oxygen atoms in total. The second kappa shape index (κ2) is 7.14. The van der Waals surface area contributed by atoms with Gasteiger partial charge in [0.05, 0.1) is 4.92 Å². The zero-order valence-corrected chi connectivity index (χ0v) is 14.0. The van der Waals surface area contributed by atoms with Crippen molar-refractivity contribution in [2.45, 2.75) is 6.92 Å². The molecule has 0 spiro atoms. The van der Waals surface area contributed by atoms with Crippen LogP contribution in [0.4, 0.5) is 28.7 Å². The lowest BCUT2D eigenvalue weighted by atomic mass is 10.2. The summed E-state index contributed by atoms with van der Waals surface area (Å²) in [5, 5.41) is 18.1. The first-order valence-corrected chi connectivity index (χ1v) is 7.77. The number of aryl methyl sites for hydroxylation is 1. The largest absolute Gasteiger partial charge is 0.353 e. The highest BCUT2D eigenvalue weighted by atomic mass is 35.5. The molecular weight excluding hydrogens is 342 g/mol. The third kappa shape index (κ3) is 3.84. The lowest BCUT2D eigenvalue weighted by Gasteiger charge is -2.11. The van der Waals surface area contributed by atoms with Crippen molar-refractivity contribution in [3.05, 3.63) is 75.6 Å². The summed E-state index contributed by atoms with van der Waals surface area (Å²) in [4.78, 5) is 19.1. The molecule has 0 aliphatic carbocycles. The van der Waals surface area contributed by atoms with Crippen molar-refractivity contribution in [3.8, 4) is 0 Å². The summed E-state index contributed by atoms with van der Waals surface area (Å²) in [5.41, 5.74) is 2.08. The van der Waals surface area contributed by atoms with Crippen LogP contribution in [0.1, 0.15) is 5.56 Å². The van der Waals surface area contributed by atoms with E-state index >= 15 is 0 Å². The van der Waals surface area contributed by atoms with Gasteiger partial charge >= 0.3 is 5.69 Å². The summed E-state index contributed by atoms with van der Waals surface area (Å²) in [7, 11) is 0. The number of halogens is 1. The molecule has 0 radical (unpaired) electrons. The molecule has 0 unspecified atom stereocenters. The average Bonchev–Trinajstić information content (AvgIpc) is 2.59. The number of anilines is 4. The maximum atomic E-state index is 11.6. The monoisotopic (exact) mass is 355 g/mol. The fourth-order valence-electron chi connectivity index (χ4n) is 2.25. The molecule has 0 saturated heterocycles. The minimum absolute atomic E-state index is 0.0957. The lowest BCUT2D eigenvalue weighted by Crippen LogP contribution is -2.06. The van der Waals surface area contributed by atoms with E-state index in [0.717, 1.165) is 11.3 Å². The van der Waals surface area contributed by atoms with Crippen LogP contribution in [0.2, 0.25) is 5.02 Å². The highest BCUT2D eigenvalue weighted by molar-refractivity contribution is 6.30. The van der Waals surface area contributed by atoms with Crippen molar-refractivity contribution >= 4 is 40.3 Å². The van der Waals surface area contributed by atoms with E-state index < -0.39 is 4.92 Å². The van der Waals surface area contributed by atoms with Crippen molar-refractivity contribution in [1.82, 2.24) is 9.97 Å². The molecule has 2 N–H and O–H groups in total. The third-order valence-electron chi connectivity index (χ3n) is 3.51. The Bertz CT molecular complexity index is 915. The first-order valence-electron chi connectivity index (χ1n) is 7.39. The van der Waals surface area contributed by atoms with Crippen LogP contribution < -0.4 is 10.6 Å². The average molecular weight is 356 g/mol. The number of hydrogen-bond donors (Lipinski definition) is 2. The van der Waals surface area contributed by atoms with Crippen LogP contribution in [-0.4, -0.2) is 14.9 Å². The van der Waals surface area contributed by atoms with Gasteiger partial charge in [-0.15, -0.1) is 0 Å². The number of rotatable bonds is 5. The fourth-order valence-corrected chi connectivity index (χ4v) is 2.37. The number of aromatic nitrogens is 2. The number of nitro groups is 1. The molecule has 25 heavy (non-hydrogen) atoms. The molecule has 0 aliphatic heterocycles. The number of nitrogens with zero attached hydrogens (tertiary/aromatic N) is 3. The molecule has 8 heteroatoms. The van der Waals surface area contributed by atoms with E-state index in [9.17, 15) is 10.1 Å². The molecule has 1 aromatic heterocycles. The van der Waals surface area contributed by atoms with Crippen LogP contribution >= 0.6 is 11.6 Å². The zero-order valence-electron chi connectivity index (χ0n) is 13.2. The molecule has 3 aromatic rings. The van der Waals surface area contributed by atoms with Crippen molar-refractivity contribution in [2.24, 2.45) is 0 Å². The lowest BCUT2D eigenvalue weighted by molar-refractivity contribution is -0.383. The Morgan fingerprint density at radius 3 is 2.28 bits per heavy atom. The van der Waals surface area contributed by atoms with Crippen molar-refractivity contribution < 1.29 is 4.92 Å². The summed E-state index contributed by atoms with van der Waals surface area (Å²) in [6.07, 6.45) is 1.27. The van der Waals surface area contributed by atoms with E-state index in [0.29, 0.717) is 10.7 Å². The van der Waals surface area contributed by atoms with Crippen molar-refractivity contribution in [2.75, 3.05) is 10.6 Å². The molecular formula is C17H14ClN5O2. The molecule has 0 aliphatic rings. The zero-order chi connectivity index (χ0) is 17.8. The van der Waals surface area contributed by atoms with Gasteiger partial charge in [0.25, 0.3) is 0 Å². The number of benzene rings is 2. The molecule has 126 valence electrons. The molecule has 0 bridgehead atoms. The Balaban J connectivity index is 1.98. The molecule has 0 amide bonds. The molecule has 1 heterocycles. The van der Waals surface area contributed by atoms with Crippen molar-refractivity contribution in [1.29, 1.82) is 0 Å². The van der Waals surface area contributed by atoms with Gasteiger partial charge in [-0.1, -0.05) is 29.8 Å². The van der Waals surface area contributed by atoms with Gasteiger partial charge in [0, 0.05) is 16.4 Å². The highest BCUT2D eigenvalue weighted by Crippen LogP contribution is 2.33. The maximum Gasteiger partial charge on any atom is 0.353 e. The Kier molecular flexibility index (Phi) is 4.76. The predicted molar refractivity (Wildman–Crippen MR) is 97.9 cm³/mol. The van der Waals surface area contributed by atoms with Gasteiger partial charge in [-0.25, -0.2) is 9.97 Å². The van der Waals surface area contributed by atoms with E-state index in [1.165, 1.54) is 6.33 Å². The summed E-state index contributed by atoms with van der Waals surface area (Å²) in [5.74, 6) is 0.212. The fraction of sp³-hybridized carbons (Fsp3) is 0.0588. The Morgan fingerprint density at radius 1 is 1.00 bits per heavy atom. The summed E-state index contributed by atoms with van der Waals surface area (Å²) < 4.78 is 0. The highest BCUT2D eigenvalue weighted by Gasteiger charge is 2.23. The van der Waals surface area contributed by atoms with Gasteiger partial charge in [0.2, 0.25) is 11.6 Å². The minimum atomic E-state index is -0.515. The summed E-state index contributed by atoms with van der Waals surface area (Å²) in [6.45, 7) is 1.90. The molecule has 0 saturated carbocycles. The van der Waals surface area contributed by atoms with Crippen LogP contribution in [-0.2, 0) is 0 Å². The van der Waals surface area contributed by atoms with E-state index in [4.69, 9.17) is 11.6 Å². The van der Waals surface area contributed by atoms with E-state index in [1.54, 1.807) is 24.3 Å². The molecule has 2 aromatic carbocycles. The second-order valence-electron chi connectivity index (χ2n) is 5.25. The van der Waals surface area contributed by atoms with Gasteiger partial charge in [0.15, 0.2) is 0 Å². The first-order chi connectivity index (χ1) is 12.0. The number of nitrogens with one attached hydrogen (secondary N) is 2. The smallest absolute Gasteiger partial charge is 0.334 e. The topological polar surface area (TPSA) is 93.0 Å². The Morgan fingerprint density at radius 2 is 1.64 bits per heavy atom. The van der Waals surface area contributed by atoms with Gasteiger partial charge in [0.1, 0.15) is 6.33 Å². The summed E-state index contributed by atoms with van der Waals surface area (Å²) in [6, 6.07) is 14.3. The Labute approximate surface area is 148 Å². The third-order valence-corrected chi connectivity index (χ3v) is 3.76. The van der Waals surface area contributed by atoms with Gasteiger partial charge < -0.3 is 10.6 Å². The SMILES string of the molecule is Cc1ccccc1Nc1ncnc(Nc2ccc(Cl)cc2)c1[N+](=O)[O-]. The first kappa shape index (κ1) is 16.7. The van der Waals surface area contributed by atoms with Gasteiger partial charge in [-0.3, -0.25) is 10.1 Å². The minimum Gasteiger partial charge on any atom is -0.334 e. The van der Waals surface area contributed by atoms with Crippen LogP contribution in [0.15, 0.2) is 54.9 Å². The molecule has 0 fully saturated rings. The van der Waals surface area contributed by atoms with E-state index in [2.05, 4.69) is 20.6 Å². The van der Waals surface area contributed by atoms with Gasteiger partial charge in [-0.2, -0.15) is 0 Å². The van der Waals surface area contributed by atoms with E-state index in [-0.39, 0.29) is 17.3 Å². The molecule has 0 atom stereocenters. The van der Waals surface area contributed by atoms with Crippen molar-refractivity contribution in [3.63, 3.8) is 0 Å². The van der Waals surface area contributed by atoms with Gasteiger partial charge in [-0.05, 0) is 42.8 Å². The standard InChI is InChI=1S/C17H14ClN5O2/c1-11-4-2-3-5-14(11)22-17-15(23(24)25)16(19-10-20-17)21-13-8-6-12(18)7-9-13/h2-10H,1H3,(H2,19,20,21,22). The number of hydrogen-bond acceptors (Lipinski definition) is 6. The predicted octanol–water partition coefficient (Wildman–Crippen LogP) is 4.83.